The van der Waals surface area contributed by atoms with Crippen molar-refractivity contribution in [2.24, 2.45) is 0 Å². The van der Waals surface area contributed by atoms with Crippen molar-refractivity contribution in [1.82, 2.24) is 4.90 Å². The summed E-state index contributed by atoms with van der Waals surface area (Å²) in [6.45, 7) is 0.640. The van der Waals surface area contributed by atoms with Crippen LogP contribution in [0.25, 0.3) is 0 Å². The number of anilines is 1. The smallest absolute Gasteiger partial charge is 0.323 e. The third-order valence-corrected chi connectivity index (χ3v) is 4.55. The van der Waals surface area contributed by atoms with E-state index in [1.807, 2.05) is 29.2 Å². The molecule has 1 aliphatic heterocycles. The molecule has 5 nitrogen and oxygen atoms in total. The number of carbonyl (C=O) groups is 2. The van der Waals surface area contributed by atoms with Gasteiger partial charge >= 0.3 is 5.97 Å². The summed E-state index contributed by atoms with van der Waals surface area (Å²) in [7, 11) is 1.37. The van der Waals surface area contributed by atoms with Gasteiger partial charge in [0, 0.05) is 17.3 Å². The van der Waals surface area contributed by atoms with Gasteiger partial charge in [-0.1, -0.05) is 35.9 Å². The molecule has 0 radical (unpaired) electrons. The zero-order valence-corrected chi connectivity index (χ0v) is 14.6. The summed E-state index contributed by atoms with van der Waals surface area (Å²) in [6, 6.07) is 14.4. The van der Waals surface area contributed by atoms with Crippen LogP contribution in [0.1, 0.15) is 11.1 Å². The molecule has 6 heteroatoms. The summed E-state index contributed by atoms with van der Waals surface area (Å²) in [4.78, 5) is 26.4. The first-order valence-electron chi connectivity index (χ1n) is 8.01. The monoisotopic (exact) mass is 358 g/mol. The molecule has 0 fully saturated rings. The van der Waals surface area contributed by atoms with Crippen molar-refractivity contribution in [3.8, 4) is 0 Å². The molecule has 0 aromatic heterocycles. The number of hydrogen-bond donors (Lipinski definition) is 1. The van der Waals surface area contributed by atoms with Gasteiger partial charge in [0.2, 0.25) is 5.91 Å². The van der Waals surface area contributed by atoms with Crippen LogP contribution in [0.5, 0.6) is 0 Å². The predicted molar refractivity (Wildman–Crippen MR) is 96.4 cm³/mol. The maximum Gasteiger partial charge on any atom is 0.323 e. The SMILES string of the molecule is COC(=O)[C@H]1Cc2ccccc2CN1CC(=O)Nc1ccc(Cl)cc1. The van der Waals surface area contributed by atoms with Crippen molar-refractivity contribution >= 4 is 29.2 Å². The van der Waals surface area contributed by atoms with E-state index in [-0.39, 0.29) is 18.4 Å². The topological polar surface area (TPSA) is 58.6 Å². The van der Waals surface area contributed by atoms with Gasteiger partial charge in [0.15, 0.2) is 0 Å². The summed E-state index contributed by atoms with van der Waals surface area (Å²) in [5.74, 6) is -0.510. The molecule has 1 aliphatic rings. The number of rotatable bonds is 4. The maximum absolute atomic E-state index is 12.4. The van der Waals surface area contributed by atoms with Crippen LogP contribution in [0.4, 0.5) is 5.69 Å². The van der Waals surface area contributed by atoms with Crippen LogP contribution >= 0.6 is 11.6 Å². The molecule has 1 N–H and O–H groups in total. The average Bonchev–Trinajstić information content (AvgIpc) is 2.62. The Balaban J connectivity index is 1.73. The van der Waals surface area contributed by atoms with Crippen molar-refractivity contribution in [1.29, 1.82) is 0 Å². The second-order valence-corrected chi connectivity index (χ2v) is 6.41. The number of hydrogen-bond acceptors (Lipinski definition) is 4. The summed E-state index contributed by atoms with van der Waals surface area (Å²) in [6.07, 6.45) is 0.539. The third-order valence-electron chi connectivity index (χ3n) is 4.29. The zero-order valence-electron chi connectivity index (χ0n) is 13.9. The van der Waals surface area contributed by atoms with Gasteiger partial charge in [-0.15, -0.1) is 0 Å². The Kier molecular flexibility index (Phi) is 5.36. The molecule has 25 heavy (non-hydrogen) atoms. The first-order valence-corrected chi connectivity index (χ1v) is 8.38. The Labute approximate surface area is 151 Å². The van der Waals surface area contributed by atoms with Crippen LogP contribution in [-0.2, 0) is 27.3 Å². The minimum Gasteiger partial charge on any atom is -0.468 e. The number of amides is 1. The minimum atomic E-state index is -0.462. The average molecular weight is 359 g/mol. The van der Waals surface area contributed by atoms with E-state index in [0.29, 0.717) is 23.7 Å². The van der Waals surface area contributed by atoms with Gasteiger partial charge in [0.25, 0.3) is 0 Å². The van der Waals surface area contributed by atoms with Crippen molar-refractivity contribution in [2.75, 3.05) is 19.0 Å². The fourth-order valence-electron chi connectivity index (χ4n) is 3.03. The lowest BCUT2D eigenvalue weighted by molar-refractivity contribution is -0.148. The van der Waals surface area contributed by atoms with Crippen LogP contribution in [-0.4, -0.2) is 36.5 Å². The normalized spacial score (nSPS) is 16.8. The standard InChI is InChI=1S/C19H19ClN2O3/c1-25-19(24)17-10-13-4-2-3-5-14(13)11-22(17)12-18(23)21-16-8-6-15(20)7-9-16/h2-9,17H,10-12H2,1H3,(H,21,23)/t17-/m1/s1. The van der Waals surface area contributed by atoms with Crippen molar-refractivity contribution < 1.29 is 14.3 Å². The lowest BCUT2D eigenvalue weighted by Crippen LogP contribution is -2.49. The van der Waals surface area contributed by atoms with E-state index in [1.165, 1.54) is 7.11 Å². The van der Waals surface area contributed by atoms with Gasteiger partial charge in [-0.05, 0) is 41.8 Å². The van der Waals surface area contributed by atoms with Crippen LogP contribution < -0.4 is 5.32 Å². The molecular weight excluding hydrogens is 340 g/mol. The van der Waals surface area contributed by atoms with Crippen LogP contribution in [0.2, 0.25) is 5.02 Å². The first kappa shape index (κ1) is 17.5. The van der Waals surface area contributed by atoms with Crippen LogP contribution in [0.3, 0.4) is 0 Å². The molecule has 0 aliphatic carbocycles. The maximum atomic E-state index is 12.4. The zero-order chi connectivity index (χ0) is 17.8. The van der Waals surface area contributed by atoms with Gasteiger partial charge < -0.3 is 10.1 Å². The number of ether oxygens (including phenoxy) is 1. The van der Waals surface area contributed by atoms with Gasteiger partial charge in [-0.2, -0.15) is 0 Å². The molecule has 1 amide bonds. The largest absolute Gasteiger partial charge is 0.468 e. The molecule has 1 atom stereocenters. The van der Waals surface area contributed by atoms with Crippen molar-refractivity contribution in [3.05, 3.63) is 64.7 Å². The molecule has 3 rings (SSSR count). The van der Waals surface area contributed by atoms with E-state index in [4.69, 9.17) is 16.3 Å². The molecule has 0 saturated heterocycles. The second-order valence-electron chi connectivity index (χ2n) is 5.97. The predicted octanol–water partition coefficient (Wildman–Crippen LogP) is 2.88. The Hall–Kier alpha value is -2.37. The van der Waals surface area contributed by atoms with Gasteiger partial charge in [0.1, 0.15) is 6.04 Å². The molecule has 1 heterocycles. The van der Waals surface area contributed by atoms with E-state index in [2.05, 4.69) is 5.32 Å². The van der Waals surface area contributed by atoms with E-state index in [9.17, 15) is 9.59 Å². The lowest BCUT2D eigenvalue weighted by Gasteiger charge is -2.34. The quantitative estimate of drug-likeness (QED) is 0.854. The number of halogens is 1. The fourth-order valence-corrected chi connectivity index (χ4v) is 3.16. The van der Waals surface area contributed by atoms with Gasteiger partial charge in [-0.3, -0.25) is 14.5 Å². The third kappa shape index (κ3) is 4.18. The molecule has 0 unspecified atom stereocenters. The Morgan fingerprint density at radius 3 is 2.52 bits per heavy atom. The minimum absolute atomic E-state index is 0.108. The number of fused-ring (bicyclic) bond motifs is 1. The summed E-state index contributed by atoms with van der Waals surface area (Å²) >= 11 is 5.85. The molecule has 0 bridgehead atoms. The summed E-state index contributed by atoms with van der Waals surface area (Å²) in [5.41, 5.74) is 2.91. The molecule has 0 saturated carbocycles. The highest BCUT2D eigenvalue weighted by atomic mass is 35.5. The van der Waals surface area contributed by atoms with Crippen molar-refractivity contribution in [2.45, 2.75) is 19.0 Å². The Morgan fingerprint density at radius 2 is 1.84 bits per heavy atom. The fraction of sp³-hybridized carbons (Fsp3) is 0.263. The van der Waals surface area contributed by atoms with E-state index in [1.54, 1.807) is 24.3 Å². The Bertz CT molecular complexity index is 776. The molecular formula is C19H19ClN2O3. The molecule has 0 spiro atoms. The number of nitrogens with one attached hydrogen (secondary N) is 1. The highest BCUT2D eigenvalue weighted by Crippen LogP contribution is 2.24. The van der Waals surface area contributed by atoms with E-state index >= 15 is 0 Å². The number of methoxy groups -OCH3 is 1. The Morgan fingerprint density at radius 1 is 1.16 bits per heavy atom. The highest BCUT2D eigenvalue weighted by Gasteiger charge is 2.33. The summed E-state index contributed by atoms with van der Waals surface area (Å²) in [5, 5.41) is 3.43. The number of benzene rings is 2. The summed E-state index contributed by atoms with van der Waals surface area (Å²) < 4.78 is 4.92. The highest BCUT2D eigenvalue weighted by molar-refractivity contribution is 6.30. The van der Waals surface area contributed by atoms with Gasteiger partial charge in [-0.25, -0.2) is 0 Å². The van der Waals surface area contributed by atoms with Crippen LogP contribution in [0, 0.1) is 0 Å². The van der Waals surface area contributed by atoms with Crippen molar-refractivity contribution in [3.63, 3.8) is 0 Å². The second kappa shape index (κ2) is 7.68. The number of esters is 1. The molecule has 2 aromatic rings. The van der Waals surface area contributed by atoms with E-state index in [0.717, 1.165) is 11.1 Å². The lowest BCUT2D eigenvalue weighted by atomic mass is 9.94. The number of carbonyl (C=O) groups excluding carboxylic acids is 2. The molecule has 2 aromatic carbocycles. The molecule has 130 valence electrons. The first-order chi connectivity index (χ1) is 12.1. The van der Waals surface area contributed by atoms with Gasteiger partial charge in [0.05, 0.1) is 13.7 Å². The number of nitrogens with zero attached hydrogens (tertiary/aromatic N) is 1. The van der Waals surface area contributed by atoms with E-state index < -0.39 is 6.04 Å². The van der Waals surface area contributed by atoms with Crippen LogP contribution in [0.15, 0.2) is 48.5 Å².